The van der Waals surface area contributed by atoms with E-state index in [0.29, 0.717) is 0 Å². The predicted octanol–water partition coefficient (Wildman–Crippen LogP) is 13.0. The second kappa shape index (κ2) is 11.5. The fourth-order valence-electron chi connectivity index (χ4n) is 8.39. The SMILES string of the molecule is Cc1ccccc1N(c1ccc(-c2ccc3c(c2)c2cc4ccccc4cc2n3-c2ccccc2)cc1)c1cc2c(cn1)-c1nccc3cccc-2c13. The van der Waals surface area contributed by atoms with Crippen LogP contribution in [-0.2, 0) is 0 Å². The average Bonchev–Trinajstić information content (AvgIpc) is 3.71. The Labute approximate surface area is 306 Å². The number of pyridine rings is 2. The van der Waals surface area contributed by atoms with Gasteiger partial charge in [0.1, 0.15) is 5.82 Å². The number of hydrogen-bond acceptors (Lipinski definition) is 3. The summed E-state index contributed by atoms with van der Waals surface area (Å²) in [7, 11) is 0. The summed E-state index contributed by atoms with van der Waals surface area (Å²) in [5.74, 6) is 0.873. The zero-order valence-electron chi connectivity index (χ0n) is 29.0. The highest BCUT2D eigenvalue weighted by molar-refractivity contribution is 6.15. The molecule has 0 radical (unpaired) electrons. The molecule has 3 heterocycles. The highest BCUT2D eigenvalue weighted by Gasteiger charge is 2.25. The number of anilines is 3. The monoisotopic (exact) mass is 676 g/mol. The van der Waals surface area contributed by atoms with Crippen LogP contribution in [0.5, 0.6) is 0 Å². The van der Waals surface area contributed by atoms with Gasteiger partial charge in [0.05, 0.1) is 22.4 Å². The maximum atomic E-state index is 5.09. The molecule has 11 rings (SSSR count). The minimum atomic E-state index is 0.873. The van der Waals surface area contributed by atoms with E-state index < -0.39 is 0 Å². The van der Waals surface area contributed by atoms with Gasteiger partial charge in [-0.3, -0.25) is 9.88 Å². The minimum absolute atomic E-state index is 0.873. The van der Waals surface area contributed by atoms with Gasteiger partial charge in [-0.1, -0.05) is 97.1 Å². The fraction of sp³-hybridized carbons (Fsp3) is 0.0204. The molecule has 1 aliphatic carbocycles. The first-order valence-corrected chi connectivity index (χ1v) is 18.1. The van der Waals surface area contributed by atoms with E-state index in [1.54, 1.807) is 0 Å². The average molecular weight is 677 g/mol. The van der Waals surface area contributed by atoms with Gasteiger partial charge in [-0.25, -0.2) is 4.98 Å². The fourth-order valence-corrected chi connectivity index (χ4v) is 8.39. The molecule has 248 valence electrons. The Bertz CT molecular complexity index is 3060. The number of aryl methyl sites for hydroxylation is 1. The lowest BCUT2D eigenvalue weighted by Crippen LogP contribution is -2.13. The molecule has 53 heavy (non-hydrogen) atoms. The minimum Gasteiger partial charge on any atom is -0.309 e. The quantitative estimate of drug-likeness (QED) is 0.182. The maximum Gasteiger partial charge on any atom is 0.138 e. The van der Waals surface area contributed by atoms with Crippen molar-refractivity contribution in [2.75, 3.05) is 4.90 Å². The first kappa shape index (κ1) is 29.7. The lowest BCUT2D eigenvalue weighted by molar-refractivity contribution is 1.17. The van der Waals surface area contributed by atoms with Crippen molar-refractivity contribution in [2.45, 2.75) is 6.92 Å². The summed E-state index contributed by atoms with van der Waals surface area (Å²) < 4.78 is 2.39. The molecule has 0 N–H and O–H groups in total. The highest BCUT2D eigenvalue weighted by atomic mass is 15.2. The normalized spacial score (nSPS) is 11.9. The zero-order chi connectivity index (χ0) is 35.0. The van der Waals surface area contributed by atoms with Crippen LogP contribution >= 0.6 is 0 Å². The standard InChI is InChI=1S/C49H32N4/c1-31-10-5-8-17-44(31)53(47-29-40-39-16-9-13-33-24-25-50-49(48(33)39)43(40)30-51-47)38-21-18-32(19-22-38)36-20-23-45-41(27-36)42-26-34-11-6-7-12-35(34)28-46(42)52(45)37-14-3-2-4-15-37/h2-30H,1H3. The molecule has 0 amide bonds. The van der Waals surface area contributed by atoms with Crippen LogP contribution in [0.3, 0.4) is 0 Å². The number of aromatic nitrogens is 3. The molecule has 0 saturated carbocycles. The van der Waals surface area contributed by atoms with Crippen molar-refractivity contribution >= 4 is 60.5 Å². The molecule has 7 aromatic carbocycles. The molecule has 0 spiro atoms. The largest absolute Gasteiger partial charge is 0.309 e. The van der Waals surface area contributed by atoms with Crippen LogP contribution in [0.2, 0.25) is 0 Å². The van der Waals surface area contributed by atoms with Crippen LogP contribution in [0.1, 0.15) is 5.56 Å². The second-order valence-electron chi connectivity index (χ2n) is 13.9. The number of fused-ring (bicyclic) bond motifs is 7. The van der Waals surface area contributed by atoms with E-state index in [9.17, 15) is 0 Å². The summed E-state index contributed by atoms with van der Waals surface area (Å²) in [4.78, 5) is 12.1. The number of hydrogen-bond donors (Lipinski definition) is 0. The molecular weight excluding hydrogens is 645 g/mol. The van der Waals surface area contributed by atoms with E-state index in [1.807, 2.05) is 12.4 Å². The van der Waals surface area contributed by atoms with Gasteiger partial charge in [-0.15, -0.1) is 0 Å². The third kappa shape index (κ3) is 4.56. The molecular formula is C49H32N4. The van der Waals surface area contributed by atoms with Crippen molar-refractivity contribution in [1.82, 2.24) is 14.5 Å². The Kier molecular flexibility index (Phi) is 6.43. The highest BCUT2D eigenvalue weighted by Crippen LogP contribution is 2.48. The third-order valence-corrected chi connectivity index (χ3v) is 10.9. The van der Waals surface area contributed by atoms with Gasteiger partial charge >= 0.3 is 0 Å². The Morgan fingerprint density at radius 3 is 2.09 bits per heavy atom. The Morgan fingerprint density at radius 1 is 0.509 bits per heavy atom. The van der Waals surface area contributed by atoms with Crippen LogP contribution in [0, 0.1) is 6.92 Å². The summed E-state index contributed by atoms with van der Waals surface area (Å²) in [6.07, 6.45) is 3.89. The molecule has 1 aliphatic rings. The molecule has 0 saturated heterocycles. The van der Waals surface area contributed by atoms with Crippen LogP contribution in [0.15, 0.2) is 176 Å². The van der Waals surface area contributed by atoms with E-state index in [-0.39, 0.29) is 0 Å². The van der Waals surface area contributed by atoms with Crippen LogP contribution in [0.25, 0.3) is 82.5 Å². The number of benzene rings is 7. The van der Waals surface area contributed by atoms with Crippen LogP contribution in [0.4, 0.5) is 17.2 Å². The van der Waals surface area contributed by atoms with Crippen molar-refractivity contribution < 1.29 is 0 Å². The van der Waals surface area contributed by atoms with Crippen molar-refractivity contribution in [3.05, 3.63) is 182 Å². The summed E-state index contributed by atoms with van der Waals surface area (Å²) >= 11 is 0. The molecule has 10 aromatic rings. The van der Waals surface area contributed by atoms with Crippen molar-refractivity contribution in [3.8, 4) is 39.2 Å². The Hall–Kier alpha value is -7.04. The van der Waals surface area contributed by atoms with E-state index >= 15 is 0 Å². The van der Waals surface area contributed by atoms with Crippen molar-refractivity contribution in [1.29, 1.82) is 0 Å². The third-order valence-electron chi connectivity index (χ3n) is 10.9. The molecule has 4 heteroatoms. The van der Waals surface area contributed by atoms with Gasteiger partial charge in [0.15, 0.2) is 0 Å². The lowest BCUT2D eigenvalue weighted by atomic mass is 10.0. The van der Waals surface area contributed by atoms with E-state index in [1.165, 1.54) is 65.6 Å². The summed E-state index contributed by atoms with van der Waals surface area (Å²) in [6.45, 7) is 2.16. The lowest BCUT2D eigenvalue weighted by Gasteiger charge is -2.26. The second-order valence-corrected chi connectivity index (χ2v) is 13.9. The van der Waals surface area contributed by atoms with E-state index in [2.05, 4.69) is 180 Å². The summed E-state index contributed by atoms with van der Waals surface area (Å²) in [6, 6.07) is 59.1. The predicted molar refractivity (Wildman–Crippen MR) is 221 cm³/mol. The van der Waals surface area contributed by atoms with Crippen LogP contribution in [-0.4, -0.2) is 14.5 Å². The zero-order valence-corrected chi connectivity index (χ0v) is 29.0. The molecule has 0 aliphatic heterocycles. The van der Waals surface area contributed by atoms with E-state index in [4.69, 9.17) is 9.97 Å². The molecule has 0 atom stereocenters. The van der Waals surface area contributed by atoms with Crippen molar-refractivity contribution in [3.63, 3.8) is 0 Å². The number of para-hydroxylation sites is 2. The molecule has 4 nitrogen and oxygen atoms in total. The first-order chi connectivity index (χ1) is 26.2. The maximum absolute atomic E-state index is 5.09. The molecule has 0 fully saturated rings. The van der Waals surface area contributed by atoms with E-state index in [0.717, 1.165) is 39.7 Å². The summed E-state index contributed by atoms with van der Waals surface area (Å²) in [5, 5.41) is 7.38. The molecule has 0 bridgehead atoms. The topological polar surface area (TPSA) is 34.0 Å². The van der Waals surface area contributed by atoms with Gasteiger partial charge in [0.25, 0.3) is 0 Å². The number of nitrogens with zero attached hydrogens (tertiary/aromatic N) is 4. The first-order valence-electron chi connectivity index (χ1n) is 18.1. The van der Waals surface area contributed by atoms with Gasteiger partial charge in [0.2, 0.25) is 0 Å². The molecule has 3 aromatic heterocycles. The smallest absolute Gasteiger partial charge is 0.138 e. The van der Waals surface area contributed by atoms with Gasteiger partial charge in [-0.2, -0.15) is 0 Å². The van der Waals surface area contributed by atoms with Gasteiger partial charge in [-0.05, 0) is 118 Å². The molecule has 0 unspecified atom stereocenters. The number of rotatable bonds is 5. The van der Waals surface area contributed by atoms with Gasteiger partial charge in [0, 0.05) is 45.5 Å². The van der Waals surface area contributed by atoms with Crippen LogP contribution < -0.4 is 4.90 Å². The van der Waals surface area contributed by atoms with Crippen molar-refractivity contribution in [2.24, 2.45) is 0 Å². The Balaban J connectivity index is 1.04. The Morgan fingerprint density at radius 2 is 1.25 bits per heavy atom. The summed E-state index contributed by atoms with van der Waals surface area (Å²) in [5.41, 5.74) is 13.7. The van der Waals surface area contributed by atoms with Gasteiger partial charge < -0.3 is 4.57 Å².